The molecule has 0 aliphatic rings. The van der Waals surface area contributed by atoms with E-state index in [4.69, 9.17) is 15.1 Å². The van der Waals surface area contributed by atoms with Crippen molar-refractivity contribution in [2.24, 2.45) is 0 Å². The van der Waals surface area contributed by atoms with Crippen LogP contribution in [-0.4, -0.2) is 24.7 Å². The monoisotopic (exact) mass is 420 g/mol. The summed E-state index contributed by atoms with van der Waals surface area (Å²) in [5.41, 5.74) is 5.08. The summed E-state index contributed by atoms with van der Waals surface area (Å²) in [6.07, 6.45) is 0.747. The highest BCUT2D eigenvalue weighted by Gasteiger charge is 2.15. The summed E-state index contributed by atoms with van der Waals surface area (Å²) in [7, 11) is 0. The van der Waals surface area contributed by atoms with Gasteiger partial charge in [0.1, 0.15) is 17.5 Å². The van der Waals surface area contributed by atoms with Crippen LogP contribution >= 0.6 is 0 Å². The molecule has 0 unspecified atom stereocenters. The first-order chi connectivity index (χ1) is 15.6. The summed E-state index contributed by atoms with van der Waals surface area (Å²) < 4.78 is 1.83. The minimum atomic E-state index is 0.730. The molecule has 0 spiro atoms. The van der Waals surface area contributed by atoms with Crippen molar-refractivity contribution in [2.75, 3.05) is 5.32 Å². The van der Waals surface area contributed by atoms with Crippen molar-refractivity contribution in [1.29, 1.82) is 0 Å². The average Bonchev–Trinajstić information content (AvgIpc) is 3.16. The fraction of sp³-hybridized carbons (Fsp3) is 0.154. The van der Waals surface area contributed by atoms with E-state index in [-0.39, 0.29) is 0 Å². The first-order valence-corrected chi connectivity index (χ1v) is 10.6. The maximum absolute atomic E-state index is 4.81. The van der Waals surface area contributed by atoms with E-state index in [1.54, 1.807) is 0 Å². The lowest BCUT2D eigenvalue weighted by molar-refractivity contribution is 0.842. The zero-order valence-corrected chi connectivity index (χ0v) is 18.4. The molecule has 6 nitrogen and oxygen atoms in total. The summed E-state index contributed by atoms with van der Waals surface area (Å²) in [5.74, 6) is 3.10. The van der Waals surface area contributed by atoms with Crippen LogP contribution in [0.25, 0.3) is 16.7 Å². The van der Waals surface area contributed by atoms with Crippen LogP contribution in [0.1, 0.15) is 28.3 Å². The summed E-state index contributed by atoms with van der Waals surface area (Å²) >= 11 is 0. The standard InChI is InChI=1S/C26H24N6/c1-17-15-25(32(31-17)24-14-13-21-11-7-8-12-23(21)29-24)30-26-22(18(2)27-19(3)28-26)16-20-9-5-4-6-10-20/h4-15H,16H2,1-3H3,(H,27,28,30). The molecule has 3 heterocycles. The molecule has 2 aromatic carbocycles. The Hall–Kier alpha value is -4.06. The van der Waals surface area contributed by atoms with Crippen LogP contribution in [0.2, 0.25) is 0 Å². The van der Waals surface area contributed by atoms with Crippen LogP contribution in [-0.2, 0) is 6.42 Å². The second-order valence-electron chi connectivity index (χ2n) is 7.92. The number of fused-ring (bicyclic) bond motifs is 1. The maximum Gasteiger partial charge on any atom is 0.156 e. The number of aromatic nitrogens is 5. The fourth-order valence-electron chi connectivity index (χ4n) is 3.91. The zero-order chi connectivity index (χ0) is 22.1. The van der Waals surface area contributed by atoms with Gasteiger partial charge in [-0.15, -0.1) is 0 Å². The number of pyridine rings is 1. The van der Waals surface area contributed by atoms with Crippen LogP contribution in [0.5, 0.6) is 0 Å². The molecule has 158 valence electrons. The van der Waals surface area contributed by atoms with Gasteiger partial charge in [0.2, 0.25) is 0 Å². The Labute approximate surface area is 187 Å². The van der Waals surface area contributed by atoms with E-state index in [1.165, 1.54) is 5.56 Å². The number of hydrogen-bond donors (Lipinski definition) is 1. The van der Waals surface area contributed by atoms with Gasteiger partial charge in [0.25, 0.3) is 0 Å². The topological polar surface area (TPSA) is 68.5 Å². The molecule has 0 aliphatic heterocycles. The van der Waals surface area contributed by atoms with Crippen LogP contribution in [0.4, 0.5) is 11.6 Å². The largest absolute Gasteiger partial charge is 0.324 e. The molecule has 0 radical (unpaired) electrons. The molecule has 3 aromatic heterocycles. The number of hydrogen-bond acceptors (Lipinski definition) is 5. The molecule has 0 saturated carbocycles. The lowest BCUT2D eigenvalue weighted by Crippen LogP contribution is -2.10. The Morgan fingerprint density at radius 3 is 2.44 bits per heavy atom. The molecule has 0 fully saturated rings. The first kappa shape index (κ1) is 19.9. The summed E-state index contributed by atoms with van der Waals surface area (Å²) in [5, 5.41) is 9.31. The van der Waals surface area contributed by atoms with Crippen molar-refractivity contribution >= 4 is 22.5 Å². The van der Waals surface area contributed by atoms with Gasteiger partial charge in [-0.1, -0.05) is 48.5 Å². The lowest BCUT2D eigenvalue weighted by Gasteiger charge is -2.15. The molecule has 1 N–H and O–H groups in total. The summed E-state index contributed by atoms with van der Waals surface area (Å²) in [6.45, 7) is 5.92. The summed E-state index contributed by atoms with van der Waals surface area (Å²) in [4.78, 5) is 14.2. The predicted octanol–water partition coefficient (Wildman–Crippen LogP) is 5.47. The maximum atomic E-state index is 4.81. The van der Waals surface area contributed by atoms with Gasteiger partial charge in [0.15, 0.2) is 5.82 Å². The van der Waals surface area contributed by atoms with E-state index in [2.05, 4.69) is 46.7 Å². The van der Waals surface area contributed by atoms with Gasteiger partial charge in [0.05, 0.1) is 11.2 Å². The zero-order valence-electron chi connectivity index (χ0n) is 18.4. The third-order valence-corrected chi connectivity index (χ3v) is 5.43. The number of rotatable bonds is 5. The molecule has 5 aromatic rings. The predicted molar refractivity (Wildman–Crippen MR) is 128 cm³/mol. The van der Waals surface area contributed by atoms with Crippen molar-refractivity contribution in [3.63, 3.8) is 0 Å². The number of para-hydroxylation sites is 1. The molecular formula is C26H24N6. The van der Waals surface area contributed by atoms with Gasteiger partial charge in [-0.05, 0) is 44.5 Å². The summed E-state index contributed by atoms with van der Waals surface area (Å²) in [6, 6.07) is 24.5. The average molecular weight is 421 g/mol. The van der Waals surface area contributed by atoms with E-state index < -0.39 is 0 Å². The van der Waals surface area contributed by atoms with E-state index in [1.807, 2.05) is 61.9 Å². The van der Waals surface area contributed by atoms with Crippen molar-refractivity contribution in [1.82, 2.24) is 24.7 Å². The van der Waals surface area contributed by atoms with E-state index in [0.29, 0.717) is 0 Å². The number of anilines is 2. The Morgan fingerprint density at radius 1 is 0.812 bits per heavy atom. The molecular weight excluding hydrogens is 396 g/mol. The molecule has 6 heteroatoms. The highest BCUT2D eigenvalue weighted by molar-refractivity contribution is 5.79. The Bertz CT molecular complexity index is 1410. The number of benzene rings is 2. The highest BCUT2D eigenvalue weighted by Crippen LogP contribution is 2.26. The van der Waals surface area contributed by atoms with Gasteiger partial charge in [-0.3, -0.25) is 0 Å². The SMILES string of the molecule is Cc1cc(Nc2nc(C)nc(C)c2Cc2ccccc2)n(-c2ccc3ccccc3n2)n1. The third kappa shape index (κ3) is 3.95. The molecule has 5 rings (SSSR count). The van der Waals surface area contributed by atoms with Crippen molar-refractivity contribution < 1.29 is 0 Å². The second kappa shape index (κ2) is 8.23. The number of aryl methyl sites for hydroxylation is 3. The molecule has 0 bridgehead atoms. The Morgan fingerprint density at radius 2 is 1.59 bits per heavy atom. The van der Waals surface area contributed by atoms with Gasteiger partial charge in [0, 0.05) is 29.1 Å². The fourth-order valence-corrected chi connectivity index (χ4v) is 3.91. The quantitative estimate of drug-likeness (QED) is 0.408. The van der Waals surface area contributed by atoms with E-state index in [9.17, 15) is 0 Å². The lowest BCUT2D eigenvalue weighted by atomic mass is 10.0. The van der Waals surface area contributed by atoms with Crippen LogP contribution in [0, 0.1) is 20.8 Å². The number of nitrogens with zero attached hydrogens (tertiary/aromatic N) is 5. The smallest absolute Gasteiger partial charge is 0.156 e. The van der Waals surface area contributed by atoms with Crippen molar-refractivity contribution in [2.45, 2.75) is 27.2 Å². The minimum Gasteiger partial charge on any atom is -0.324 e. The van der Waals surface area contributed by atoms with E-state index >= 15 is 0 Å². The van der Waals surface area contributed by atoms with Crippen LogP contribution in [0.15, 0.2) is 72.8 Å². The van der Waals surface area contributed by atoms with E-state index in [0.717, 1.165) is 57.6 Å². The molecule has 0 saturated heterocycles. The van der Waals surface area contributed by atoms with Gasteiger partial charge in [-0.2, -0.15) is 9.78 Å². The van der Waals surface area contributed by atoms with Crippen molar-refractivity contribution in [3.8, 4) is 5.82 Å². The van der Waals surface area contributed by atoms with Gasteiger partial charge >= 0.3 is 0 Å². The molecule has 0 aliphatic carbocycles. The normalized spacial score (nSPS) is 11.1. The van der Waals surface area contributed by atoms with Crippen LogP contribution in [0.3, 0.4) is 0 Å². The molecule has 32 heavy (non-hydrogen) atoms. The molecule has 0 amide bonds. The number of nitrogens with one attached hydrogen (secondary N) is 1. The van der Waals surface area contributed by atoms with Gasteiger partial charge < -0.3 is 5.32 Å². The first-order valence-electron chi connectivity index (χ1n) is 10.6. The van der Waals surface area contributed by atoms with Crippen molar-refractivity contribution in [3.05, 3.63) is 101 Å². The minimum absolute atomic E-state index is 0.730. The van der Waals surface area contributed by atoms with Gasteiger partial charge in [-0.25, -0.2) is 15.0 Å². The van der Waals surface area contributed by atoms with Crippen LogP contribution < -0.4 is 5.32 Å². The highest BCUT2D eigenvalue weighted by atomic mass is 15.4. The Kier molecular flexibility index (Phi) is 5.11. The second-order valence-corrected chi connectivity index (χ2v) is 7.92. The molecule has 0 atom stereocenters. The third-order valence-electron chi connectivity index (χ3n) is 5.43. The Balaban J connectivity index is 1.56.